The van der Waals surface area contributed by atoms with E-state index in [9.17, 15) is 9.18 Å². The first-order valence-electron chi connectivity index (χ1n) is 5.93. The van der Waals surface area contributed by atoms with Crippen molar-refractivity contribution >= 4 is 5.91 Å². The number of carbonyl (C=O) groups excluding carboxylic acids is 1. The van der Waals surface area contributed by atoms with Gasteiger partial charge in [-0.3, -0.25) is 4.79 Å². The van der Waals surface area contributed by atoms with Gasteiger partial charge in [0.1, 0.15) is 6.17 Å². The number of nitrogens with two attached hydrogens (primary N) is 1. The predicted octanol–water partition coefficient (Wildman–Crippen LogP) is 1.37. The van der Waals surface area contributed by atoms with Crippen LogP contribution in [-0.2, 0) is 6.42 Å². The van der Waals surface area contributed by atoms with E-state index in [2.05, 4.69) is 0 Å². The highest BCUT2D eigenvalue weighted by molar-refractivity contribution is 5.94. The van der Waals surface area contributed by atoms with Crippen molar-refractivity contribution in [2.24, 2.45) is 5.73 Å². The molecule has 1 fully saturated rings. The molecule has 1 saturated heterocycles. The number of alkyl halides is 1. The van der Waals surface area contributed by atoms with Gasteiger partial charge in [0.2, 0.25) is 0 Å². The molecule has 0 aromatic heterocycles. The summed E-state index contributed by atoms with van der Waals surface area (Å²) in [7, 11) is 0. The van der Waals surface area contributed by atoms with Crippen molar-refractivity contribution in [1.82, 2.24) is 4.90 Å². The Morgan fingerprint density at radius 2 is 2.12 bits per heavy atom. The van der Waals surface area contributed by atoms with Gasteiger partial charge in [-0.1, -0.05) is 12.1 Å². The number of benzene rings is 1. The number of hydrogen-bond acceptors (Lipinski definition) is 2. The van der Waals surface area contributed by atoms with E-state index in [4.69, 9.17) is 5.73 Å². The van der Waals surface area contributed by atoms with Gasteiger partial charge in [0.25, 0.3) is 5.91 Å². The normalized spacial score (nSPS) is 19.6. The minimum Gasteiger partial charge on any atom is -0.336 e. The van der Waals surface area contributed by atoms with E-state index in [0.29, 0.717) is 25.1 Å². The molecule has 0 saturated carbocycles. The predicted molar refractivity (Wildman–Crippen MR) is 64.6 cm³/mol. The highest BCUT2D eigenvalue weighted by Crippen LogP contribution is 2.16. The highest BCUT2D eigenvalue weighted by Gasteiger charge is 2.26. The van der Waals surface area contributed by atoms with Crippen LogP contribution < -0.4 is 5.73 Å². The van der Waals surface area contributed by atoms with E-state index in [1.165, 1.54) is 0 Å². The van der Waals surface area contributed by atoms with Crippen LogP contribution in [0.1, 0.15) is 22.3 Å². The van der Waals surface area contributed by atoms with Gasteiger partial charge in [0.05, 0.1) is 6.54 Å². The molecule has 1 aromatic carbocycles. The number of nitrogens with zero attached hydrogens (tertiary/aromatic N) is 1. The largest absolute Gasteiger partial charge is 0.336 e. The Morgan fingerprint density at radius 1 is 1.41 bits per heavy atom. The van der Waals surface area contributed by atoms with Gasteiger partial charge in [-0.05, 0) is 37.1 Å². The maximum absolute atomic E-state index is 13.0. The van der Waals surface area contributed by atoms with Gasteiger partial charge in [-0.25, -0.2) is 4.39 Å². The Balaban J connectivity index is 2.04. The van der Waals surface area contributed by atoms with Crippen molar-refractivity contribution < 1.29 is 9.18 Å². The number of hydrogen-bond donors (Lipinski definition) is 1. The first-order chi connectivity index (χ1) is 8.20. The molecule has 17 heavy (non-hydrogen) atoms. The molecule has 4 heteroatoms. The zero-order valence-corrected chi connectivity index (χ0v) is 9.73. The third-order valence-electron chi connectivity index (χ3n) is 3.05. The SMILES string of the molecule is NCCc1ccc(C(=O)N2CC[C@H](F)C2)cc1. The fourth-order valence-corrected chi connectivity index (χ4v) is 2.07. The van der Waals surface area contributed by atoms with E-state index in [-0.39, 0.29) is 12.5 Å². The third-order valence-corrected chi connectivity index (χ3v) is 3.05. The van der Waals surface area contributed by atoms with Crippen molar-refractivity contribution in [2.45, 2.75) is 19.0 Å². The molecule has 0 unspecified atom stereocenters. The zero-order chi connectivity index (χ0) is 12.3. The van der Waals surface area contributed by atoms with Crippen LogP contribution in [0.4, 0.5) is 4.39 Å². The van der Waals surface area contributed by atoms with Gasteiger partial charge in [0, 0.05) is 12.1 Å². The van der Waals surface area contributed by atoms with E-state index in [0.717, 1.165) is 12.0 Å². The van der Waals surface area contributed by atoms with Crippen LogP contribution in [0.5, 0.6) is 0 Å². The van der Waals surface area contributed by atoms with E-state index in [1.54, 1.807) is 17.0 Å². The molecule has 0 aliphatic carbocycles. The van der Waals surface area contributed by atoms with Gasteiger partial charge < -0.3 is 10.6 Å². The average molecular weight is 236 g/mol. The molecule has 3 nitrogen and oxygen atoms in total. The number of rotatable bonds is 3. The van der Waals surface area contributed by atoms with Gasteiger partial charge in [-0.15, -0.1) is 0 Å². The molecular weight excluding hydrogens is 219 g/mol. The smallest absolute Gasteiger partial charge is 0.253 e. The lowest BCUT2D eigenvalue weighted by atomic mass is 10.1. The molecular formula is C13H17FN2O. The minimum absolute atomic E-state index is 0.0792. The fourth-order valence-electron chi connectivity index (χ4n) is 2.07. The van der Waals surface area contributed by atoms with Crippen LogP contribution in [0.2, 0.25) is 0 Å². The molecule has 1 aliphatic heterocycles. The molecule has 0 radical (unpaired) electrons. The summed E-state index contributed by atoms with van der Waals surface area (Å²) in [6.07, 6.45) is 0.400. The minimum atomic E-state index is -0.865. The molecule has 0 spiro atoms. The van der Waals surface area contributed by atoms with Gasteiger partial charge in [-0.2, -0.15) is 0 Å². The van der Waals surface area contributed by atoms with Gasteiger partial charge in [0.15, 0.2) is 0 Å². The Kier molecular flexibility index (Phi) is 3.74. The Morgan fingerprint density at radius 3 is 2.65 bits per heavy atom. The summed E-state index contributed by atoms with van der Waals surface area (Å²) in [5.41, 5.74) is 7.20. The lowest BCUT2D eigenvalue weighted by molar-refractivity contribution is 0.0783. The number of likely N-dealkylation sites (tertiary alicyclic amines) is 1. The molecule has 1 aliphatic rings. The van der Waals surface area contributed by atoms with Crippen LogP contribution in [0.3, 0.4) is 0 Å². The van der Waals surface area contributed by atoms with Crippen molar-refractivity contribution in [1.29, 1.82) is 0 Å². The summed E-state index contributed by atoms with van der Waals surface area (Å²) in [4.78, 5) is 13.6. The molecule has 1 heterocycles. The molecule has 2 rings (SSSR count). The van der Waals surface area contributed by atoms with Crippen molar-refractivity contribution in [3.05, 3.63) is 35.4 Å². The van der Waals surface area contributed by atoms with Crippen LogP contribution in [0, 0.1) is 0 Å². The second-order valence-electron chi connectivity index (χ2n) is 4.37. The molecule has 1 amide bonds. The number of halogens is 1. The summed E-state index contributed by atoms with van der Waals surface area (Å²) in [5, 5.41) is 0. The molecule has 2 N–H and O–H groups in total. The monoisotopic (exact) mass is 236 g/mol. The topological polar surface area (TPSA) is 46.3 Å². The standard InChI is InChI=1S/C13H17FN2O/c14-12-6-8-16(9-12)13(17)11-3-1-10(2-4-11)5-7-15/h1-4,12H,5-9,15H2/t12-/m0/s1. The van der Waals surface area contributed by atoms with E-state index < -0.39 is 6.17 Å². The average Bonchev–Trinajstić information content (AvgIpc) is 2.76. The second-order valence-corrected chi connectivity index (χ2v) is 4.37. The summed E-state index contributed by atoms with van der Waals surface area (Å²) >= 11 is 0. The zero-order valence-electron chi connectivity index (χ0n) is 9.73. The Labute approximate surface area is 100 Å². The molecule has 92 valence electrons. The number of amides is 1. The maximum atomic E-state index is 13.0. The van der Waals surface area contributed by atoms with Crippen LogP contribution >= 0.6 is 0 Å². The third kappa shape index (κ3) is 2.82. The molecule has 0 bridgehead atoms. The summed E-state index contributed by atoms with van der Waals surface area (Å²) in [6, 6.07) is 7.39. The van der Waals surface area contributed by atoms with Crippen molar-refractivity contribution in [2.75, 3.05) is 19.6 Å². The summed E-state index contributed by atoms with van der Waals surface area (Å²) in [6.45, 7) is 1.34. The van der Waals surface area contributed by atoms with Crippen molar-refractivity contribution in [3.8, 4) is 0 Å². The van der Waals surface area contributed by atoms with Crippen LogP contribution in [-0.4, -0.2) is 36.6 Å². The second kappa shape index (κ2) is 5.27. The van der Waals surface area contributed by atoms with Crippen molar-refractivity contribution in [3.63, 3.8) is 0 Å². The van der Waals surface area contributed by atoms with Gasteiger partial charge >= 0.3 is 0 Å². The maximum Gasteiger partial charge on any atom is 0.253 e. The summed E-state index contributed by atoms with van der Waals surface area (Å²) < 4.78 is 13.0. The Bertz CT molecular complexity index is 391. The van der Waals surface area contributed by atoms with E-state index >= 15 is 0 Å². The highest BCUT2D eigenvalue weighted by atomic mass is 19.1. The lowest BCUT2D eigenvalue weighted by Crippen LogP contribution is -2.28. The summed E-state index contributed by atoms with van der Waals surface area (Å²) in [5.74, 6) is -0.0792. The van der Waals surface area contributed by atoms with E-state index in [1.807, 2.05) is 12.1 Å². The number of carbonyl (C=O) groups is 1. The van der Waals surface area contributed by atoms with Crippen LogP contribution in [0.25, 0.3) is 0 Å². The van der Waals surface area contributed by atoms with Crippen LogP contribution in [0.15, 0.2) is 24.3 Å². The first kappa shape index (κ1) is 12.0. The lowest BCUT2D eigenvalue weighted by Gasteiger charge is -2.15. The quantitative estimate of drug-likeness (QED) is 0.861. The fraction of sp³-hybridized carbons (Fsp3) is 0.462. The first-order valence-corrected chi connectivity index (χ1v) is 5.93. The molecule has 1 atom stereocenters. The molecule has 1 aromatic rings. The Hall–Kier alpha value is -1.42.